The molecule has 0 aliphatic heterocycles. The molecule has 5 nitrogen and oxygen atoms in total. The van der Waals surface area contributed by atoms with Crippen molar-refractivity contribution in [2.75, 3.05) is 12.9 Å². The first-order chi connectivity index (χ1) is 8.36. The lowest BCUT2D eigenvalue weighted by Gasteiger charge is -2.05. The molecule has 0 radical (unpaired) electrons. The quantitative estimate of drug-likeness (QED) is 0.842. The van der Waals surface area contributed by atoms with Gasteiger partial charge in [-0.3, -0.25) is 9.63 Å². The summed E-state index contributed by atoms with van der Waals surface area (Å²) in [5.41, 5.74) is 2.04. The lowest BCUT2D eigenvalue weighted by atomic mass is 10.4. The molecular formula is C10H11Cl2NO4S. The normalized spacial score (nSPS) is 11.3. The average molecular weight is 312 g/mol. The summed E-state index contributed by atoms with van der Waals surface area (Å²) in [6.45, 7) is 0. The number of halogens is 2. The van der Waals surface area contributed by atoms with Gasteiger partial charge in [-0.2, -0.15) is 0 Å². The van der Waals surface area contributed by atoms with E-state index in [1.165, 1.54) is 25.3 Å². The highest BCUT2D eigenvalue weighted by atomic mass is 35.5. The molecule has 100 valence electrons. The Morgan fingerprint density at radius 2 is 2.00 bits per heavy atom. The van der Waals surface area contributed by atoms with Crippen LogP contribution in [0.5, 0.6) is 0 Å². The Morgan fingerprint density at radius 3 is 2.56 bits per heavy atom. The Balaban J connectivity index is 2.80. The van der Waals surface area contributed by atoms with Crippen molar-refractivity contribution in [2.45, 2.75) is 11.3 Å². The van der Waals surface area contributed by atoms with Crippen LogP contribution in [-0.2, 0) is 19.5 Å². The van der Waals surface area contributed by atoms with Crippen molar-refractivity contribution in [3.63, 3.8) is 0 Å². The van der Waals surface area contributed by atoms with E-state index in [-0.39, 0.29) is 27.1 Å². The van der Waals surface area contributed by atoms with Crippen molar-refractivity contribution in [3.8, 4) is 0 Å². The van der Waals surface area contributed by atoms with Gasteiger partial charge in [-0.15, -0.1) is 0 Å². The number of carbonyl (C=O) groups is 1. The highest BCUT2D eigenvalue weighted by molar-refractivity contribution is 7.91. The summed E-state index contributed by atoms with van der Waals surface area (Å²) in [4.78, 5) is 15.5. The summed E-state index contributed by atoms with van der Waals surface area (Å²) < 4.78 is 23.8. The summed E-state index contributed by atoms with van der Waals surface area (Å²) in [5.74, 6) is -0.846. The summed E-state index contributed by atoms with van der Waals surface area (Å²) in [7, 11) is -2.30. The molecule has 1 aromatic rings. The van der Waals surface area contributed by atoms with Crippen molar-refractivity contribution in [2.24, 2.45) is 0 Å². The van der Waals surface area contributed by atoms with Gasteiger partial charge in [-0.25, -0.2) is 13.9 Å². The lowest BCUT2D eigenvalue weighted by Crippen LogP contribution is -2.24. The van der Waals surface area contributed by atoms with Gasteiger partial charge in [0.05, 0.1) is 27.8 Å². The number of hydroxylamine groups is 1. The van der Waals surface area contributed by atoms with Crippen LogP contribution in [0.1, 0.15) is 6.42 Å². The number of hydrogen-bond acceptors (Lipinski definition) is 4. The molecule has 18 heavy (non-hydrogen) atoms. The smallest absolute Gasteiger partial charge is 0.244 e. The topological polar surface area (TPSA) is 72.5 Å². The average Bonchev–Trinajstić information content (AvgIpc) is 2.30. The summed E-state index contributed by atoms with van der Waals surface area (Å²) >= 11 is 11.4. The Kier molecular flexibility index (Phi) is 5.40. The van der Waals surface area contributed by atoms with Gasteiger partial charge in [0.25, 0.3) is 0 Å². The molecule has 0 aromatic heterocycles. The van der Waals surface area contributed by atoms with Crippen LogP contribution in [0.2, 0.25) is 10.0 Å². The number of carbonyl (C=O) groups excluding carboxylic acids is 1. The number of amides is 1. The molecule has 1 amide bonds. The fourth-order valence-electron chi connectivity index (χ4n) is 1.18. The van der Waals surface area contributed by atoms with E-state index in [1.54, 1.807) is 0 Å². The molecule has 0 atom stereocenters. The Hall–Kier alpha value is -0.820. The molecule has 0 aliphatic rings. The summed E-state index contributed by atoms with van der Waals surface area (Å²) in [6.07, 6.45) is -0.198. The third-order valence-corrected chi connectivity index (χ3v) is 4.52. The standard InChI is InChI=1S/C10H11Cl2NO4S/c1-17-13-10(14)4-5-18(15,16)7-2-3-8(11)9(12)6-7/h2-3,6H,4-5H2,1H3,(H,13,14). The van der Waals surface area contributed by atoms with Crippen molar-refractivity contribution in [1.29, 1.82) is 0 Å². The van der Waals surface area contributed by atoms with Gasteiger partial charge in [-0.05, 0) is 18.2 Å². The maximum absolute atomic E-state index is 11.9. The van der Waals surface area contributed by atoms with Crippen LogP contribution in [0.15, 0.2) is 23.1 Å². The first-order valence-electron chi connectivity index (χ1n) is 4.86. The minimum absolute atomic E-state index is 0.0297. The highest BCUT2D eigenvalue weighted by Crippen LogP contribution is 2.25. The van der Waals surface area contributed by atoms with Crippen molar-refractivity contribution < 1.29 is 18.0 Å². The predicted octanol–water partition coefficient (Wildman–Crippen LogP) is 1.83. The van der Waals surface area contributed by atoms with Gasteiger partial charge in [-0.1, -0.05) is 23.2 Å². The monoisotopic (exact) mass is 311 g/mol. The molecule has 0 spiro atoms. The zero-order valence-corrected chi connectivity index (χ0v) is 11.8. The molecule has 0 aliphatic carbocycles. The first-order valence-corrected chi connectivity index (χ1v) is 7.27. The maximum atomic E-state index is 11.9. The predicted molar refractivity (Wildman–Crippen MR) is 68.3 cm³/mol. The SMILES string of the molecule is CONC(=O)CCS(=O)(=O)c1ccc(Cl)c(Cl)c1. The molecular weight excluding hydrogens is 301 g/mol. The number of hydrogen-bond donors (Lipinski definition) is 1. The number of rotatable bonds is 5. The second kappa shape index (κ2) is 6.38. The first kappa shape index (κ1) is 15.2. The highest BCUT2D eigenvalue weighted by Gasteiger charge is 2.17. The lowest BCUT2D eigenvalue weighted by molar-refractivity contribution is -0.130. The van der Waals surface area contributed by atoms with Gasteiger partial charge < -0.3 is 0 Å². The van der Waals surface area contributed by atoms with E-state index >= 15 is 0 Å². The maximum Gasteiger partial charge on any atom is 0.244 e. The van der Waals surface area contributed by atoms with E-state index in [9.17, 15) is 13.2 Å². The second-order valence-corrected chi connectivity index (χ2v) is 6.30. The van der Waals surface area contributed by atoms with Crippen molar-refractivity contribution in [3.05, 3.63) is 28.2 Å². The van der Waals surface area contributed by atoms with Crippen LogP contribution in [0.25, 0.3) is 0 Å². The van der Waals surface area contributed by atoms with Gasteiger partial charge in [0.15, 0.2) is 9.84 Å². The van der Waals surface area contributed by atoms with E-state index in [4.69, 9.17) is 23.2 Å². The second-order valence-electron chi connectivity index (χ2n) is 3.37. The van der Waals surface area contributed by atoms with E-state index in [0.29, 0.717) is 0 Å². The fourth-order valence-corrected chi connectivity index (χ4v) is 2.81. The van der Waals surface area contributed by atoms with Crippen LogP contribution in [0.4, 0.5) is 0 Å². The largest absolute Gasteiger partial charge is 0.277 e. The number of nitrogens with one attached hydrogen (secondary N) is 1. The molecule has 0 saturated heterocycles. The third kappa shape index (κ3) is 4.13. The molecule has 1 N–H and O–H groups in total. The van der Waals surface area contributed by atoms with E-state index in [1.807, 2.05) is 5.48 Å². The van der Waals surface area contributed by atoms with E-state index < -0.39 is 15.7 Å². The van der Waals surface area contributed by atoms with Gasteiger partial charge in [0.2, 0.25) is 5.91 Å². The van der Waals surface area contributed by atoms with E-state index in [2.05, 4.69) is 4.84 Å². The minimum Gasteiger partial charge on any atom is -0.277 e. The van der Waals surface area contributed by atoms with Gasteiger partial charge in [0.1, 0.15) is 0 Å². The molecule has 8 heteroatoms. The van der Waals surface area contributed by atoms with Crippen molar-refractivity contribution in [1.82, 2.24) is 5.48 Å². The molecule has 0 saturated carbocycles. The minimum atomic E-state index is -3.57. The summed E-state index contributed by atoms with van der Waals surface area (Å²) in [5, 5.41) is 0.423. The zero-order chi connectivity index (χ0) is 13.8. The van der Waals surface area contributed by atoms with Gasteiger partial charge >= 0.3 is 0 Å². The van der Waals surface area contributed by atoms with Crippen molar-refractivity contribution >= 4 is 38.9 Å². The number of benzene rings is 1. The van der Waals surface area contributed by atoms with Crippen LogP contribution in [0, 0.1) is 0 Å². The Labute approximate surface area is 115 Å². The molecule has 1 aromatic carbocycles. The van der Waals surface area contributed by atoms with Crippen LogP contribution in [0.3, 0.4) is 0 Å². The van der Waals surface area contributed by atoms with Crippen LogP contribution in [-0.4, -0.2) is 27.2 Å². The molecule has 0 fully saturated rings. The van der Waals surface area contributed by atoms with Crippen LogP contribution >= 0.6 is 23.2 Å². The van der Waals surface area contributed by atoms with E-state index in [0.717, 1.165) is 0 Å². The Bertz CT molecular complexity index is 545. The molecule has 1 rings (SSSR count). The molecule has 0 unspecified atom stereocenters. The molecule has 0 heterocycles. The van der Waals surface area contributed by atoms with Gasteiger partial charge in [0, 0.05) is 6.42 Å². The fraction of sp³-hybridized carbons (Fsp3) is 0.300. The van der Waals surface area contributed by atoms with Crippen LogP contribution < -0.4 is 5.48 Å². The third-order valence-electron chi connectivity index (χ3n) is 2.06. The number of sulfone groups is 1. The zero-order valence-electron chi connectivity index (χ0n) is 9.44. The molecule has 0 bridgehead atoms. The summed E-state index contributed by atoms with van der Waals surface area (Å²) in [6, 6.07) is 4.00. The Morgan fingerprint density at radius 1 is 1.33 bits per heavy atom.